The Kier molecular flexibility index (Phi) is 4.52. The van der Waals surface area contributed by atoms with Crippen molar-refractivity contribution in [2.24, 2.45) is 5.92 Å². The lowest BCUT2D eigenvalue weighted by atomic mass is 9.79. The number of carbonyl (C=O) groups excluding carboxylic acids is 1. The van der Waals surface area contributed by atoms with Crippen LogP contribution in [0.25, 0.3) is 0 Å². The second-order valence-electron chi connectivity index (χ2n) is 4.37. The van der Waals surface area contributed by atoms with Crippen molar-refractivity contribution in [1.82, 2.24) is 5.32 Å². The molecule has 0 saturated carbocycles. The van der Waals surface area contributed by atoms with Crippen LogP contribution in [0.1, 0.15) is 11.5 Å². The number of thioether (sulfide) groups is 1. The molecule has 1 amide bonds. The van der Waals surface area contributed by atoms with Crippen LogP contribution in [0.4, 0.5) is 0 Å². The monoisotopic (exact) mass is 299 g/mol. The standard InChI is InChI=1S/C15H13N3O2S/c1-20-12-6-4-3-5-9(12)13-10(7-16)14(19)18-15(21-2)11(13)8-17/h3-6,10,13H,1-2H3,(H,18,19)/t10-,13-/m0/s1. The summed E-state index contributed by atoms with van der Waals surface area (Å²) in [5.74, 6) is -1.40. The van der Waals surface area contributed by atoms with Gasteiger partial charge in [-0.2, -0.15) is 10.5 Å². The van der Waals surface area contributed by atoms with Gasteiger partial charge < -0.3 is 10.1 Å². The number of amides is 1. The summed E-state index contributed by atoms with van der Waals surface area (Å²) in [4.78, 5) is 12.1. The van der Waals surface area contributed by atoms with Crippen LogP contribution >= 0.6 is 11.8 Å². The summed E-state index contributed by atoms with van der Waals surface area (Å²) in [6, 6.07) is 11.3. The highest BCUT2D eigenvalue weighted by Crippen LogP contribution is 2.41. The molecule has 0 bridgehead atoms. The lowest BCUT2D eigenvalue weighted by Crippen LogP contribution is -2.38. The molecule has 0 aromatic heterocycles. The van der Waals surface area contributed by atoms with Crippen LogP contribution < -0.4 is 10.1 Å². The molecular formula is C15H13N3O2S. The Balaban J connectivity index is 2.68. The number of methoxy groups -OCH3 is 1. The quantitative estimate of drug-likeness (QED) is 0.924. The van der Waals surface area contributed by atoms with Crippen LogP contribution in [0.2, 0.25) is 0 Å². The van der Waals surface area contributed by atoms with Gasteiger partial charge in [-0.1, -0.05) is 18.2 Å². The Hall–Kier alpha value is -2.44. The molecule has 1 aromatic rings. The highest BCUT2D eigenvalue weighted by Gasteiger charge is 2.40. The first kappa shape index (κ1) is 15.0. The first-order valence-corrected chi connectivity index (χ1v) is 7.42. The Bertz CT molecular complexity index is 685. The summed E-state index contributed by atoms with van der Waals surface area (Å²) in [6.45, 7) is 0. The minimum atomic E-state index is -0.952. The van der Waals surface area contributed by atoms with Crippen molar-refractivity contribution in [2.75, 3.05) is 13.4 Å². The van der Waals surface area contributed by atoms with E-state index < -0.39 is 17.7 Å². The molecule has 6 heteroatoms. The fraction of sp³-hybridized carbons (Fsp3) is 0.267. The largest absolute Gasteiger partial charge is 0.496 e. The van der Waals surface area contributed by atoms with Gasteiger partial charge in [-0.05, 0) is 12.3 Å². The van der Waals surface area contributed by atoms with E-state index in [0.29, 0.717) is 21.9 Å². The van der Waals surface area contributed by atoms with Crippen LogP contribution in [0.15, 0.2) is 34.9 Å². The Morgan fingerprint density at radius 2 is 2.05 bits per heavy atom. The molecule has 1 aromatic carbocycles. The highest BCUT2D eigenvalue weighted by molar-refractivity contribution is 8.02. The summed E-state index contributed by atoms with van der Waals surface area (Å²) in [7, 11) is 1.52. The fourth-order valence-electron chi connectivity index (χ4n) is 2.39. The van der Waals surface area contributed by atoms with Crippen LogP contribution in [-0.4, -0.2) is 19.3 Å². The maximum absolute atomic E-state index is 12.1. The molecule has 106 valence electrons. The highest BCUT2D eigenvalue weighted by atomic mass is 32.2. The lowest BCUT2D eigenvalue weighted by Gasteiger charge is -2.29. The third-order valence-electron chi connectivity index (χ3n) is 3.35. The van der Waals surface area contributed by atoms with Crippen LogP contribution in [0, 0.1) is 28.6 Å². The van der Waals surface area contributed by atoms with Crippen LogP contribution in [0.5, 0.6) is 5.75 Å². The minimum Gasteiger partial charge on any atom is -0.496 e. The van der Waals surface area contributed by atoms with Gasteiger partial charge in [0, 0.05) is 5.56 Å². The first-order valence-electron chi connectivity index (χ1n) is 6.19. The molecule has 1 aliphatic heterocycles. The zero-order chi connectivity index (χ0) is 15.4. The van der Waals surface area contributed by atoms with E-state index in [9.17, 15) is 15.3 Å². The Labute approximate surface area is 127 Å². The molecule has 2 atom stereocenters. The molecule has 0 unspecified atom stereocenters. The molecule has 1 heterocycles. The molecule has 0 saturated heterocycles. The first-order chi connectivity index (χ1) is 10.2. The molecule has 0 fully saturated rings. The molecule has 0 spiro atoms. The summed E-state index contributed by atoms with van der Waals surface area (Å²) < 4.78 is 5.31. The number of carbonyl (C=O) groups is 1. The third-order valence-corrected chi connectivity index (χ3v) is 4.08. The number of allylic oxidation sites excluding steroid dienone is 1. The van der Waals surface area contributed by atoms with Gasteiger partial charge in [0.15, 0.2) is 0 Å². The Morgan fingerprint density at radius 1 is 1.33 bits per heavy atom. The summed E-state index contributed by atoms with van der Waals surface area (Å²) in [6.07, 6.45) is 1.78. The van der Waals surface area contributed by atoms with Crippen molar-refractivity contribution in [3.63, 3.8) is 0 Å². The minimum absolute atomic E-state index is 0.387. The van der Waals surface area contributed by atoms with E-state index in [1.807, 2.05) is 6.07 Å². The topological polar surface area (TPSA) is 85.9 Å². The van der Waals surface area contributed by atoms with E-state index in [0.717, 1.165) is 0 Å². The SMILES string of the molecule is COc1ccccc1[C@@H]1C(C#N)=C(SC)NC(=O)[C@H]1C#N. The second-order valence-corrected chi connectivity index (χ2v) is 5.19. The molecule has 0 radical (unpaired) electrons. The number of hydrogen-bond acceptors (Lipinski definition) is 5. The van der Waals surface area contributed by atoms with Gasteiger partial charge >= 0.3 is 0 Å². The molecule has 21 heavy (non-hydrogen) atoms. The number of rotatable bonds is 3. The molecule has 1 N–H and O–H groups in total. The number of nitrogens with one attached hydrogen (secondary N) is 1. The molecule has 1 aliphatic rings. The molecular weight excluding hydrogens is 286 g/mol. The van der Waals surface area contributed by atoms with Crippen molar-refractivity contribution in [3.8, 4) is 17.9 Å². The van der Waals surface area contributed by atoms with Gasteiger partial charge in [0.05, 0.1) is 35.8 Å². The van der Waals surface area contributed by atoms with Crippen LogP contribution in [0.3, 0.4) is 0 Å². The van der Waals surface area contributed by atoms with E-state index in [2.05, 4.69) is 11.4 Å². The van der Waals surface area contributed by atoms with Gasteiger partial charge in [0.25, 0.3) is 0 Å². The molecule has 0 aliphatic carbocycles. The van der Waals surface area contributed by atoms with Crippen molar-refractivity contribution in [3.05, 3.63) is 40.4 Å². The zero-order valence-electron chi connectivity index (χ0n) is 11.6. The molecule has 5 nitrogen and oxygen atoms in total. The number of nitriles is 2. The number of para-hydroxylation sites is 1. The van der Waals surface area contributed by atoms with Crippen molar-refractivity contribution in [2.45, 2.75) is 5.92 Å². The molecule has 2 rings (SSSR count). The maximum Gasteiger partial charge on any atom is 0.243 e. The van der Waals surface area contributed by atoms with Gasteiger partial charge in [-0.3, -0.25) is 4.79 Å². The van der Waals surface area contributed by atoms with E-state index in [1.54, 1.807) is 30.5 Å². The van der Waals surface area contributed by atoms with E-state index >= 15 is 0 Å². The van der Waals surface area contributed by atoms with E-state index in [-0.39, 0.29) is 0 Å². The zero-order valence-corrected chi connectivity index (χ0v) is 12.4. The van der Waals surface area contributed by atoms with Gasteiger partial charge in [-0.25, -0.2) is 0 Å². The average molecular weight is 299 g/mol. The van der Waals surface area contributed by atoms with Gasteiger partial charge in [-0.15, -0.1) is 11.8 Å². The van der Waals surface area contributed by atoms with Gasteiger partial charge in [0.2, 0.25) is 5.91 Å². The van der Waals surface area contributed by atoms with Gasteiger partial charge in [0.1, 0.15) is 11.7 Å². The average Bonchev–Trinajstić information content (AvgIpc) is 2.53. The third kappa shape index (κ3) is 2.58. The normalized spacial score (nSPS) is 21.2. The van der Waals surface area contributed by atoms with E-state index in [4.69, 9.17) is 4.74 Å². The van der Waals surface area contributed by atoms with Crippen molar-refractivity contribution < 1.29 is 9.53 Å². The van der Waals surface area contributed by atoms with Crippen LogP contribution in [-0.2, 0) is 4.79 Å². The Morgan fingerprint density at radius 3 is 2.62 bits per heavy atom. The predicted molar refractivity (Wildman–Crippen MR) is 79.1 cm³/mol. The van der Waals surface area contributed by atoms with Crippen molar-refractivity contribution >= 4 is 17.7 Å². The summed E-state index contributed by atoms with van der Waals surface area (Å²) in [5, 5.41) is 21.9. The number of ether oxygens (including phenoxy) is 1. The summed E-state index contributed by atoms with van der Waals surface area (Å²) >= 11 is 1.28. The maximum atomic E-state index is 12.1. The van der Waals surface area contributed by atoms with E-state index in [1.165, 1.54) is 18.9 Å². The van der Waals surface area contributed by atoms with Crippen molar-refractivity contribution in [1.29, 1.82) is 10.5 Å². The number of benzene rings is 1. The number of nitrogens with zero attached hydrogens (tertiary/aromatic N) is 2. The number of hydrogen-bond donors (Lipinski definition) is 1. The second kappa shape index (κ2) is 6.34. The predicted octanol–water partition coefficient (Wildman–Crippen LogP) is 2.15. The fourth-order valence-corrected chi connectivity index (χ4v) is 2.98. The smallest absolute Gasteiger partial charge is 0.243 e. The summed E-state index contributed by atoms with van der Waals surface area (Å²) in [5.41, 5.74) is 1.06. The lowest BCUT2D eigenvalue weighted by molar-refractivity contribution is -0.123.